The molecule has 1 amide bonds. The van der Waals surface area contributed by atoms with Crippen molar-refractivity contribution in [2.24, 2.45) is 0 Å². The lowest BCUT2D eigenvalue weighted by atomic mass is 10.00. The number of carbonyl (C=O) groups is 2. The summed E-state index contributed by atoms with van der Waals surface area (Å²) in [6.45, 7) is 6.80. The molecule has 0 aliphatic carbocycles. The summed E-state index contributed by atoms with van der Waals surface area (Å²) in [5.41, 5.74) is 0.966. The molecule has 1 aromatic rings. The second-order valence-electron chi connectivity index (χ2n) is 8.28. The van der Waals surface area contributed by atoms with E-state index in [2.05, 4.69) is 5.32 Å². The van der Waals surface area contributed by atoms with E-state index in [1.807, 2.05) is 0 Å². The Bertz CT molecular complexity index is 737. The molecule has 0 saturated carbocycles. The molecule has 2 saturated heterocycles. The van der Waals surface area contributed by atoms with Crippen LogP contribution >= 0.6 is 0 Å². The molecule has 3 aliphatic rings. The summed E-state index contributed by atoms with van der Waals surface area (Å²) in [6, 6.07) is 4.11. The number of hydrogen-bond donors (Lipinski definition) is 3. The Morgan fingerprint density at radius 3 is 2.39 bits per heavy atom. The summed E-state index contributed by atoms with van der Waals surface area (Å²) in [7, 11) is 0. The van der Waals surface area contributed by atoms with Gasteiger partial charge in [0.15, 0.2) is 23.8 Å². The molecule has 0 aromatic heterocycles. The van der Waals surface area contributed by atoms with Crippen LogP contribution in [0, 0.1) is 0 Å². The van der Waals surface area contributed by atoms with Crippen molar-refractivity contribution in [1.29, 1.82) is 0 Å². The Hall–Kier alpha value is -2.12. The zero-order valence-corrected chi connectivity index (χ0v) is 16.6. The first-order valence-corrected chi connectivity index (χ1v) is 10.5. The number of fused-ring (bicyclic) bond motifs is 1. The number of amides is 1. The lowest BCUT2D eigenvalue weighted by Gasteiger charge is -2.35. The minimum absolute atomic E-state index is 0.0554. The molecule has 3 aliphatic heterocycles. The van der Waals surface area contributed by atoms with Crippen molar-refractivity contribution in [3.05, 3.63) is 17.7 Å². The number of hydrogen-bond acceptors (Lipinski definition) is 4. The molecule has 0 radical (unpaired) electrons. The van der Waals surface area contributed by atoms with Crippen LogP contribution in [0.5, 0.6) is 11.5 Å². The molecule has 1 aromatic carbocycles. The van der Waals surface area contributed by atoms with Gasteiger partial charge >= 0.3 is 0 Å². The van der Waals surface area contributed by atoms with Gasteiger partial charge in [-0.2, -0.15) is 0 Å². The molecule has 0 unspecified atom stereocenters. The Balaban J connectivity index is 1.32. The van der Waals surface area contributed by atoms with Crippen molar-refractivity contribution in [2.75, 3.05) is 44.8 Å². The van der Waals surface area contributed by atoms with Crippen LogP contribution in [0.1, 0.15) is 49.4 Å². The third-order valence-corrected chi connectivity index (χ3v) is 6.34. The zero-order valence-electron chi connectivity index (χ0n) is 16.6. The number of anilines is 1. The van der Waals surface area contributed by atoms with Gasteiger partial charge in [-0.05, 0) is 32.3 Å². The SMILES string of the molecule is CC(=O)c1cc2c(cc1NC(=O)C[NH+]1CCC([NH+]3CCCCC3)CC1)OCO2. The fourth-order valence-electron chi connectivity index (χ4n) is 4.78. The number of quaternary nitrogens is 2. The van der Waals surface area contributed by atoms with Crippen molar-refractivity contribution in [1.82, 2.24) is 0 Å². The summed E-state index contributed by atoms with van der Waals surface area (Å²) < 4.78 is 10.7. The number of Topliss-reactive ketones (excluding diaryl/α,β-unsaturated/α-hetero) is 1. The van der Waals surface area contributed by atoms with Gasteiger partial charge in [-0.15, -0.1) is 0 Å². The molecule has 3 N–H and O–H groups in total. The maximum absolute atomic E-state index is 12.6. The highest BCUT2D eigenvalue weighted by Gasteiger charge is 2.31. The number of benzene rings is 1. The number of carbonyl (C=O) groups excluding carboxylic acids is 2. The Morgan fingerprint density at radius 2 is 1.71 bits per heavy atom. The van der Waals surface area contributed by atoms with E-state index >= 15 is 0 Å². The van der Waals surface area contributed by atoms with Gasteiger partial charge in [0, 0.05) is 24.5 Å². The number of nitrogens with one attached hydrogen (secondary N) is 3. The molecule has 4 rings (SSSR count). The lowest BCUT2D eigenvalue weighted by Crippen LogP contribution is -3.21. The normalized spacial score (nSPS) is 24.8. The van der Waals surface area contributed by atoms with Crippen molar-refractivity contribution >= 4 is 17.4 Å². The average Bonchev–Trinajstić information content (AvgIpc) is 3.16. The minimum atomic E-state index is -0.105. The minimum Gasteiger partial charge on any atom is -0.454 e. The molecule has 28 heavy (non-hydrogen) atoms. The van der Waals surface area contributed by atoms with Gasteiger partial charge in [-0.3, -0.25) is 9.59 Å². The largest absolute Gasteiger partial charge is 0.454 e. The summed E-state index contributed by atoms with van der Waals surface area (Å²) in [5.74, 6) is 0.959. The highest BCUT2D eigenvalue weighted by Crippen LogP contribution is 2.37. The molecule has 0 spiro atoms. The monoisotopic (exact) mass is 389 g/mol. The maximum Gasteiger partial charge on any atom is 0.279 e. The highest BCUT2D eigenvalue weighted by atomic mass is 16.7. The molecule has 7 heteroatoms. The number of piperidine rings is 2. The smallest absolute Gasteiger partial charge is 0.279 e. The first-order chi connectivity index (χ1) is 13.6. The van der Waals surface area contributed by atoms with Gasteiger partial charge in [-0.25, -0.2) is 0 Å². The van der Waals surface area contributed by atoms with E-state index in [0.717, 1.165) is 19.1 Å². The maximum atomic E-state index is 12.6. The van der Waals surface area contributed by atoms with E-state index < -0.39 is 0 Å². The first kappa shape index (κ1) is 19.2. The first-order valence-electron chi connectivity index (χ1n) is 10.5. The summed E-state index contributed by atoms with van der Waals surface area (Å²) in [6.07, 6.45) is 6.49. The summed E-state index contributed by atoms with van der Waals surface area (Å²) in [5, 5.41) is 2.92. The van der Waals surface area contributed by atoms with Gasteiger partial charge < -0.3 is 24.6 Å². The van der Waals surface area contributed by atoms with E-state index in [1.165, 1.54) is 57.0 Å². The van der Waals surface area contributed by atoms with Crippen molar-refractivity contribution < 1.29 is 28.9 Å². The van der Waals surface area contributed by atoms with Crippen molar-refractivity contribution in [2.45, 2.75) is 45.1 Å². The predicted molar refractivity (Wildman–Crippen MR) is 104 cm³/mol. The molecule has 0 bridgehead atoms. The van der Waals surface area contributed by atoms with Crippen LogP contribution in [0.2, 0.25) is 0 Å². The van der Waals surface area contributed by atoms with Gasteiger partial charge in [0.25, 0.3) is 5.91 Å². The summed E-state index contributed by atoms with van der Waals surface area (Å²) >= 11 is 0. The molecular formula is C21H31N3O4+2. The zero-order chi connectivity index (χ0) is 19.5. The van der Waals surface area contributed by atoms with E-state index in [0.29, 0.717) is 29.3 Å². The van der Waals surface area contributed by atoms with Crippen LogP contribution < -0.4 is 24.6 Å². The van der Waals surface area contributed by atoms with Crippen LogP contribution in [0.4, 0.5) is 5.69 Å². The molecular weight excluding hydrogens is 358 g/mol. The number of ether oxygens (including phenoxy) is 2. The topological polar surface area (TPSA) is 73.5 Å². The quantitative estimate of drug-likeness (QED) is 0.603. The van der Waals surface area contributed by atoms with E-state index in [1.54, 1.807) is 17.0 Å². The van der Waals surface area contributed by atoms with Crippen LogP contribution in [-0.4, -0.2) is 57.2 Å². The highest BCUT2D eigenvalue weighted by molar-refractivity contribution is 6.04. The van der Waals surface area contributed by atoms with Gasteiger partial charge in [0.1, 0.15) is 0 Å². The third-order valence-electron chi connectivity index (χ3n) is 6.34. The lowest BCUT2D eigenvalue weighted by molar-refractivity contribution is -0.958. The fourth-order valence-corrected chi connectivity index (χ4v) is 4.78. The van der Waals surface area contributed by atoms with Crippen LogP contribution in [0.3, 0.4) is 0 Å². The molecule has 152 valence electrons. The fraction of sp³-hybridized carbons (Fsp3) is 0.619. The van der Waals surface area contributed by atoms with E-state index in [-0.39, 0.29) is 18.5 Å². The van der Waals surface area contributed by atoms with E-state index in [4.69, 9.17) is 9.47 Å². The van der Waals surface area contributed by atoms with Crippen molar-refractivity contribution in [3.63, 3.8) is 0 Å². The number of rotatable bonds is 5. The van der Waals surface area contributed by atoms with Crippen LogP contribution in [0.25, 0.3) is 0 Å². The number of ketones is 1. The van der Waals surface area contributed by atoms with Gasteiger partial charge in [0.05, 0.1) is 37.9 Å². The molecule has 7 nitrogen and oxygen atoms in total. The third kappa shape index (κ3) is 4.31. The Morgan fingerprint density at radius 1 is 1.04 bits per heavy atom. The van der Waals surface area contributed by atoms with Crippen LogP contribution in [0.15, 0.2) is 12.1 Å². The molecule has 2 fully saturated rings. The Labute approximate surface area is 166 Å². The Kier molecular flexibility index (Phi) is 5.82. The second kappa shape index (κ2) is 8.49. The predicted octanol–water partition coefficient (Wildman–Crippen LogP) is -0.327. The van der Waals surface area contributed by atoms with Gasteiger partial charge in [-0.1, -0.05) is 0 Å². The number of likely N-dealkylation sites (tertiary alicyclic amines) is 2. The van der Waals surface area contributed by atoms with Gasteiger partial charge in [0.2, 0.25) is 6.79 Å². The van der Waals surface area contributed by atoms with Crippen molar-refractivity contribution in [3.8, 4) is 11.5 Å². The summed E-state index contributed by atoms with van der Waals surface area (Å²) in [4.78, 5) is 27.7. The van der Waals surface area contributed by atoms with Crippen LogP contribution in [-0.2, 0) is 4.79 Å². The standard InChI is InChI=1S/C21H29N3O4/c1-15(25)17-11-19-20(28-14-27-19)12-18(17)22-21(26)13-23-9-5-16(6-10-23)24-7-3-2-4-8-24/h11-12,16H,2-10,13-14H2,1H3,(H,22,26)/p+2. The molecule has 0 atom stereocenters. The molecule has 3 heterocycles. The second-order valence-corrected chi connectivity index (χ2v) is 8.28. The van der Waals surface area contributed by atoms with E-state index in [9.17, 15) is 9.59 Å². The average molecular weight is 389 g/mol.